The van der Waals surface area contributed by atoms with Crippen molar-refractivity contribution in [1.82, 2.24) is 9.55 Å². The zero-order chi connectivity index (χ0) is 18.6. The molecule has 1 saturated carbocycles. The number of carbonyl (C=O) groups excluding carboxylic acids is 1. The third-order valence-electron chi connectivity index (χ3n) is 4.17. The van der Waals surface area contributed by atoms with Crippen molar-refractivity contribution in [1.29, 1.82) is 0 Å². The molecule has 140 valence electrons. The van der Waals surface area contributed by atoms with Crippen molar-refractivity contribution in [2.45, 2.75) is 44.2 Å². The molecule has 0 amide bonds. The molecule has 25 heavy (non-hydrogen) atoms. The summed E-state index contributed by atoms with van der Waals surface area (Å²) in [7, 11) is 2.58. The molecule has 1 aliphatic carbocycles. The average molecular weight is 374 g/mol. The van der Waals surface area contributed by atoms with E-state index in [0.717, 1.165) is 0 Å². The summed E-state index contributed by atoms with van der Waals surface area (Å²) in [5, 5.41) is 0. The molecular formula is C15H23N2O7P. The van der Waals surface area contributed by atoms with E-state index in [1.807, 2.05) is 0 Å². The van der Waals surface area contributed by atoms with E-state index in [0.29, 0.717) is 24.8 Å². The lowest BCUT2D eigenvalue weighted by atomic mass is 10.2. The number of nitrogens with one attached hydrogen (secondary N) is 1. The molecule has 0 spiro atoms. The predicted octanol–water partition coefficient (Wildman–Crippen LogP) is 1.06. The molecular weight excluding hydrogens is 351 g/mol. The maximum atomic E-state index is 12.0. The molecule has 1 unspecified atom stereocenters. The molecule has 1 fully saturated rings. The Bertz CT molecular complexity index is 713. The van der Waals surface area contributed by atoms with Gasteiger partial charge in [-0.05, 0) is 26.2 Å². The number of nitrogens with zero attached hydrogens (tertiary/aromatic N) is 1. The van der Waals surface area contributed by atoms with Gasteiger partial charge in [-0.25, -0.2) is 9.59 Å². The van der Waals surface area contributed by atoms with Gasteiger partial charge in [0.2, 0.25) is 14.2 Å². The zero-order valence-corrected chi connectivity index (χ0v) is 15.6. The molecule has 1 heterocycles. The van der Waals surface area contributed by atoms with Gasteiger partial charge in [0.1, 0.15) is 0 Å². The number of hydrogen-bond acceptors (Lipinski definition) is 7. The first-order valence-electron chi connectivity index (χ1n) is 7.84. The number of carbonyl (C=O) groups is 1. The highest BCUT2D eigenvalue weighted by Gasteiger charge is 2.37. The molecule has 0 aliphatic heterocycles. The third-order valence-corrected chi connectivity index (χ3v) is 5.61. The fourth-order valence-electron chi connectivity index (χ4n) is 2.89. The van der Waals surface area contributed by atoms with Crippen molar-refractivity contribution < 1.29 is 23.3 Å². The lowest BCUT2D eigenvalue weighted by Gasteiger charge is -2.24. The van der Waals surface area contributed by atoms with Crippen LogP contribution in [0.25, 0.3) is 0 Å². The molecule has 0 radical (unpaired) electrons. The van der Waals surface area contributed by atoms with E-state index >= 15 is 0 Å². The summed E-state index contributed by atoms with van der Waals surface area (Å²) in [6.45, 7) is 1.65. The molecule has 0 aromatic carbocycles. The van der Waals surface area contributed by atoms with Crippen LogP contribution in [0.3, 0.4) is 0 Å². The van der Waals surface area contributed by atoms with Crippen LogP contribution in [-0.4, -0.2) is 48.8 Å². The van der Waals surface area contributed by atoms with E-state index in [2.05, 4.69) is 4.98 Å². The zero-order valence-electron chi connectivity index (χ0n) is 14.7. The standard InChI is InChI=1S/C15H23N2O7P/c1-9-8-17(15(20)16-12(9)18)10-5-6-11(7-10)24-14(13(19)21-2)25(22-3)23-4/h8,10-11,14H,5-7H2,1-4H3,(H,16,18,20)/t10-,11+,14?/m0/s1. The molecule has 1 aliphatic rings. The predicted molar refractivity (Wildman–Crippen MR) is 90.6 cm³/mol. The van der Waals surface area contributed by atoms with Crippen molar-refractivity contribution in [3.8, 4) is 0 Å². The minimum Gasteiger partial charge on any atom is -0.467 e. The Morgan fingerprint density at radius 2 is 1.96 bits per heavy atom. The van der Waals surface area contributed by atoms with Gasteiger partial charge in [0.25, 0.3) is 5.56 Å². The fraction of sp³-hybridized carbons (Fsp3) is 0.667. The summed E-state index contributed by atoms with van der Waals surface area (Å²) >= 11 is 0. The van der Waals surface area contributed by atoms with Gasteiger partial charge in [0.05, 0.1) is 13.2 Å². The molecule has 1 N–H and O–H groups in total. The maximum absolute atomic E-state index is 12.0. The first-order valence-corrected chi connectivity index (χ1v) is 9.08. The van der Waals surface area contributed by atoms with Crippen LogP contribution < -0.4 is 11.2 Å². The second-order valence-corrected chi connectivity index (χ2v) is 7.50. The largest absolute Gasteiger partial charge is 0.467 e. The third kappa shape index (κ3) is 4.55. The van der Waals surface area contributed by atoms with Crippen molar-refractivity contribution in [2.75, 3.05) is 21.3 Å². The number of ether oxygens (including phenoxy) is 2. The summed E-state index contributed by atoms with van der Waals surface area (Å²) in [6, 6.07) is -0.109. The quantitative estimate of drug-likeness (QED) is 0.561. The number of aromatic amines is 1. The number of aromatic nitrogens is 2. The second-order valence-electron chi connectivity index (χ2n) is 5.73. The number of aryl methyl sites for hydroxylation is 1. The molecule has 0 saturated heterocycles. The minimum absolute atomic E-state index is 0.109. The summed E-state index contributed by atoms with van der Waals surface area (Å²) in [6.07, 6.45) is 3.21. The Kier molecular flexibility index (Phi) is 6.89. The monoisotopic (exact) mass is 374 g/mol. The number of hydrogen-bond donors (Lipinski definition) is 1. The SMILES string of the molecule is COC(=O)C(O[C@@H]1CC[C@H](n2cc(C)c(=O)[nH]c2=O)C1)P(OC)OC. The number of H-pyrrole nitrogens is 1. The number of methoxy groups -OCH3 is 1. The second kappa shape index (κ2) is 8.71. The van der Waals surface area contributed by atoms with E-state index < -0.39 is 25.9 Å². The van der Waals surface area contributed by atoms with Crippen molar-refractivity contribution >= 4 is 14.3 Å². The van der Waals surface area contributed by atoms with Gasteiger partial charge >= 0.3 is 11.7 Å². The van der Waals surface area contributed by atoms with Crippen LogP contribution in [0.1, 0.15) is 30.9 Å². The molecule has 3 atom stereocenters. The van der Waals surface area contributed by atoms with Gasteiger partial charge < -0.3 is 18.5 Å². The fourth-order valence-corrected chi connectivity index (χ4v) is 3.97. The Labute approximate surface area is 146 Å². The average Bonchev–Trinajstić information content (AvgIpc) is 3.06. The van der Waals surface area contributed by atoms with Gasteiger partial charge in [0.15, 0.2) is 0 Å². The van der Waals surface area contributed by atoms with Crippen LogP contribution >= 0.6 is 8.38 Å². The number of rotatable bonds is 7. The topological polar surface area (TPSA) is 109 Å². The first kappa shape index (κ1) is 19.8. The lowest BCUT2D eigenvalue weighted by Crippen LogP contribution is -2.33. The van der Waals surface area contributed by atoms with Crippen LogP contribution in [0.5, 0.6) is 0 Å². The van der Waals surface area contributed by atoms with E-state index in [-0.39, 0.29) is 17.7 Å². The first-order chi connectivity index (χ1) is 11.9. The van der Waals surface area contributed by atoms with Gasteiger partial charge in [-0.1, -0.05) is 0 Å². The smallest absolute Gasteiger partial charge is 0.344 e. The van der Waals surface area contributed by atoms with E-state index in [1.54, 1.807) is 13.1 Å². The van der Waals surface area contributed by atoms with Crippen LogP contribution in [-0.2, 0) is 23.3 Å². The van der Waals surface area contributed by atoms with Crippen molar-refractivity contribution in [2.24, 2.45) is 0 Å². The minimum atomic E-state index is -1.58. The molecule has 1 aromatic rings. The normalized spacial score (nSPS) is 21.5. The Hall–Kier alpha value is -1.54. The van der Waals surface area contributed by atoms with E-state index in [4.69, 9.17) is 18.5 Å². The summed E-state index contributed by atoms with van der Waals surface area (Å²) < 4.78 is 22.5. The molecule has 2 rings (SSSR count). The Balaban J connectivity index is 2.11. The Morgan fingerprint density at radius 1 is 1.28 bits per heavy atom. The van der Waals surface area contributed by atoms with Crippen molar-refractivity contribution in [3.05, 3.63) is 32.6 Å². The van der Waals surface area contributed by atoms with Gasteiger partial charge in [0, 0.05) is 32.0 Å². The molecule has 1 aromatic heterocycles. The van der Waals surface area contributed by atoms with E-state index in [1.165, 1.54) is 25.9 Å². The maximum Gasteiger partial charge on any atom is 0.344 e. The Morgan fingerprint density at radius 3 is 2.56 bits per heavy atom. The van der Waals surface area contributed by atoms with Crippen LogP contribution in [0.15, 0.2) is 15.8 Å². The van der Waals surface area contributed by atoms with Crippen LogP contribution in [0.4, 0.5) is 0 Å². The summed E-state index contributed by atoms with van der Waals surface area (Å²) in [5.74, 6) is -1.51. The van der Waals surface area contributed by atoms with Gasteiger partial charge in [-0.2, -0.15) is 0 Å². The number of esters is 1. The molecule has 10 heteroatoms. The van der Waals surface area contributed by atoms with Gasteiger partial charge in [-0.3, -0.25) is 14.3 Å². The summed E-state index contributed by atoms with van der Waals surface area (Å²) in [5.41, 5.74) is -0.357. The van der Waals surface area contributed by atoms with E-state index in [9.17, 15) is 14.4 Å². The highest BCUT2D eigenvalue weighted by atomic mass is 31.2. The highest BCUT2D eigenvalue weighted by molar-refractivity contribution is 7.49. The molecule has 0 bridgehead atoms. The molecule has 9 nitrogen and oxygen atoms in total. The lowest BCUT2D eigenvalue weighted by molar-refractivity contribution is -0.152. The summed E-state index contributed by atoms with van der Waals surface area (Å²) in [4.78, 5) is 37.8. The highest BCUT2D eigenvalue weighted by Crippen LogP contribution is 2.45. The van der Waals surface area contributed by atoms with Crippen LogP contribution in [0, 0.1) is 6.92 Å². The van der Waals surface area contributed by atoms with Crippen LogP contribution in [0.2, 0.25) is 0 Å². The van der Waals surface area contributed by atoms with Crippen molar-refractivity contribution in [3.63, 3.8) is 0 Å². The van der Waals surface area contributed by atoms with Gasteiger partial charge in [-0.15, -0.1) is 0 Å².